The molecule has 7 heteroatoms. The van der Waals surface area contributed by atoms with Gasteiger partial charge in [0.25, 0.3) is 11.7 Å². The molecule has 4 rings (SSSR count). The third kappa shape index (κ3) is 2.85. The first-order chi connectivity index (χ1) is 12.2. The molecule has 0 saturated carbocycles. The maximum Gasteiger partial charge on any atom is 0.253 e. The fourth-order valence-corrected chi connectivity index (χ4v) is 3.86. The monoisotopic (exact) mass is 361 g/mol. The summed E-state index contributed by atoms with van der Waals surface area (Å²) in [6, 6.07) is 5.86. The van der Waals surface area contributed by atoms with E-state index in [-0.39, 0.29) is 31.4 Å². The molecular formula is C19H23NO6. The zero-order chi connectivity index (χ0) is 18.7. The summed E-state index contributed by atoms with van der Waals surface area (Å²) in [5.74, 6) is -2.90. The second-order valence-corrected chi connectivity index (χ2v) is 7.64. The van der Waals surface area contributed by atoms with Gasteiger partial charge in [-0.15, -0.1) is 0 Å². The number of rotatable bonds is 1. The normalized spacial score (nSPS) is 33.6. The summed E-state index contributed by atoms with van der Waals surface area (Å²) >= 11 is 0. The molecule has 3 aliphatic heterocycles. The second kappa shape index (κ2) is 5.85. The molecule has 3 aliphatic rings. The van der Waals surface area contributed by atoms with Crippen molar-refractivity contribution in [2.45, 2.75) is 51.5 Å². The number of carbonyl (C=O) groups is 2. The van der Waals surface area contributed by atoms with Gasteiger partial charge in [0.05, 0.1) is 13.2 Å². The lowest BCUT2D eigenvalue weighted by Gasteiger charge is -2.44. The summed E-state index contributed by atoms with van der Waals surface area (Å²) in [4.78, 5) is 27.1. The highest BCUT2D eigenvalue weighted by molar-refractivity contribution is 6.00. The van der Waals surface area contributed by atoms with E-state index in [9.17, 15) is 9.59 Å². The predicted molar refractivity (Wildman–Crippen MR) is 91.7 cm³/mol. The number of hydrogen-bond donors (Lipinski definition) is 0. The Morgan fingerprint density at radius 3 is 2.42 bits per heavy atom. The van der Waals surface area contributed by atoms with E-state index in [1.54, 1.807) is 18.7 Å². The molecule has 0 aliphatic carbocycles. The van der Waals surface area contributed by atoms with E-state index in [1.165, 1.54) is 0 Å². The third-order valence-corrected chi connectivity index (χ3v) is 4.91. The van der Waals surface area contributed by atoms with Gasteiger partial charge in [0.15, 0.2) is 11.9 Å². The molecule has 0 unspecified atom stereocenters. The molecule has 0 bridgehead atoms. The molecular weight excluding hydrogens is 338 g/mol. The lowest BCUT2D eigenvalue weighted by molar-refractivity contribution is -0.254. The van der Waals surface area contributed by atoms with Gasteiger partial charge in [-0.1, -0.05) is 6.07 Å². The van der Waals surface area contributed by atoms with Crippen molar-refractivity contribution in [2.24, 2.45) is 0 Å². The number of hydrogen-bond acceptors (Lipinski definition) is 6. The van der Waals surface area contributed by atoms with E-state index in [0.717, 1.165) is 16.8 Å². The number of fused-ring (bicyclic) bond motifs is 1. The van der Waals surface area contributed by atoms with Crippen molar-refractivity contribution in [2.75, 3.05) is 24.7 Å². The zero-order valence-corrected chi connectivity index (χ0v) is 15.4. The van der Waals surface area contributed by atoms with E-state index in [4.69, 9.17) is 18.9 Å². The van der Waals surface area contributed by atoms with Crippen LogP contribution in [0.1, 0.15) is 25.0 Å². The van der Waals surface area contributed by atoms with Crippen LogP contribution in [-0.4, -0.2) is 55.2 Å². The number of anilines is 1. The molecule has 0 radical (unpaired) electrons. The van der Waals surface area contributed by atoms with Crippen LogP contribution in [0.3, 0.4) is 0 Å². The molecule has 3 atom stereocenters. The van der Waals surface area contributed by atoms with E-state index >= 15 is 0 Å². The molecule has 3 heterocycles. The summed E-state index contributed by atoms with van der Waals surface area (Å²) in [5, 5.41) is 0. The first-order valence-electron chi connectivity index (χ1n) is 8.76. The van der Waals surface area contributed by atoms with Crippen LogP contribution in [0.2, 0.25) is 0 Å². The largest absolute Gasteiger partial charge is 0.342 e. The number of Topliss-reactive ketones (excluding diaryl/α,β-unsaturated/α-hetero) is 1. The minimum absolute atomic E-state index is 0.000564. The van der Waals surface area contributed by atoms with Crippen LogP contribution in [0.25, 0.3) is 0 Å². The van der Waals surface area contributed by atoms with Gasteiger partial charge < -0.3 is 23.8 Å². The van der Waals surface area contributed by atoms with E-state index in [1.807, 2.05) is 32.0 Å². The highest BCUT2D eigenvalue weighted by Crippen LogP contribution is 2.38. The van der Waals surface area contributed by atoms with E-state index in [2.05, 4.69) is 0 Å². The number of morpholine rings is 1. The van der Waals surface area contributed by atoms with Gasteiger partial charge in [-0.3, -0.25) is 9.59 Å². The van der Waals surface area contributed by atoms with Crippen molar-refractivity contribution in [3.05, 3.63) is 29.3 Å². The Hall–Kier alpha value is -1.80. The van der Waals surface area contributed by atoms with Gasteiger partial charge in [0.2, 0.25) is 5.78 Å². The Labute approximate surface area is 152 Å². The molecule has 140 valence electrons. The number of benzene rings is 1. The molecule has 1 aromatic carbocycles. The Morgan fingerprint density at radius 2 is 1.73 bits per heavy atom. The van der Waals surface area contributed by atoms with Crippen molar-refractivity contribution in [3.8, 4) is 0 Å². The number of nitrogens with zero attached hydrogens (tertiary/aromatic N) is 1. The number of ketones is 1. The van der Waals surface area contributed by atoms with Crippen LogP contribution in [0.15, 0.2) is 18.2 Å². The Bertz CT molecular complexity index is 755. The average Bonchev–Trinajstić information content (AvgIpc) is 2.87. The van der Waals surface area contributed by atoms with Crippen molar-refractivity contribution in [3.63, 3.8) is 0 Å². The zero-order valence-electron chi connectivity index (χ0n) is 15.4. The highest BCUT2D eigenvalue weighted by atomic mass is 16.8. The lowest BCUT2D eigenvalue weighted by Crippen LogP contribution is -2.67. The Balaban J connectivity index is 1.63. The number of carbonyl (C=O) groups excluding carboxylic acids is 2. The first-order valence-corrected chi connectivity index (χ1v) is 8.76. The molecule has 3 fully saturated rings. The molecule has 26 heavy (non-hydrogen) atoms. The average molecular weight is 361 g/mol. The van der Waals surface area contributed by atoms with Gasteiger partial charge >= 0.3 is 0 Å². The fraction of sp³-hybridized carbons (Fsp3) is 0.579. The number of ether oxygens (including phenoxy) is 4. The quantitative estimate of drug-likeness (QED) is 0.754. The van der Waals surface area contributed by atoms with Gasteiger partial charge in [-0.05, 0) is 51.0 Å². The minimum atomic E-state index is -1.52. The van der Waals surface area contributed by atoms with Crippen molar-refractivity contribution in [1.29, 1.82) is 0 Å². The van der Waals surface area contributed by atoms with Crippen LogP contribution >= 0.6 is 0 Å². The van der Waals surface area contributed by atoms with Crippen LogP contribution in [0.5, 0.6) is 0 Å². The fourth-order valence-electron chi connectivity index (χ4n) is 3.86. The lowest BCUT2D eigenvalue weighted by atomic mass is 9.96. The molecule has 0 N–H and O–H groups in total. The molecule has 1 spiro atoms. The molecule has 1 aromatic rings. The van der Waals surface area contributed by atoms with Crippen molar-refractivity contribution >= 4 is 17.4 Å². The first kappa shape index (κ1) is 17.6. The number of aryl methyl sites for hydroxylation is 2. The Morgan fingerprint density at radius 1 is 1.04 bits per heavy atom. The van der Waals surface area contributed by atoms with Gasteiger partial charge in [0.1, 0.15) is 12.7 Å². The molecule has 3 saturated heterocycles. The van der Waals surface area contributed by atoms with E-state index < -0.39 is 23.8 Å². The van der Waals surface area contributed by atoms with Crippen LogP contribution in [0, 0.1) is 13.8 Å². The van der Waals surface area contributed by atoms with E-state index in [0.29, 0.717) is 0 Å². The maximum atomic E-state index is 13.1. The van der Waals surface area contributed by atoms with Gasteiger partial charge in [-0.25, -0.2) is 0 Å². The van der Waals surface area contributed by atoms with Crippen molar-refractivity contribution < 1.29 is 28.5 Å². The summed E-state index contributed by atoms with van der Waals surface area (Å²) < 4.78 is 22.9. The predicted octanol–water partition coefficient (Wildman–Crippen LogP) is 1.48. The third-order valence-electron chi connectivity index (χ3n) is 4.91. The highest BCUT2D eigenvalue weighted by Gasteiger charge is 2.60. The standard InChI is InChI=1S/C19H23NO6/c1-11-5-12(2)7-13(6-11)20-10-19(24-9-15(20)21)17(22)16-14(8-23-19)25-18(3,4)26-16/h5-7,14,16H,8-10H2,1-4H3/t14-,16-,19+/m0/s1. The smallest absolute Gasteiger partial charge is 0.253 e. The van der Waals surface area contributed by atoms with Crippen LogP contribution in [-0.2, 0) is 28.5 Å². The number of amides is 1. The maximum absolute atomic E-state index is 13.1. The topological polar surface area (TPSA) is 74.3 Å². The Kier molecular flexibility index (Phi) is 3.96. The summed E-state index contributed by atoms with van der Waals surface area (Å²) in [7, 11) is 0. The molecule has 7 nitrogen and oxygen atoms in total. The molecule has 1 amide bonds. The van der Waals surface area contributed by atoms with Gasteiger partial charge in [-0.2, -0.15) is 0 Å². The minimum Gasteiger partial charge on any atom is -0.342 e. The van der Waals surface area contributed by atoms with Crippen molar-refractivity contribution in [1.82, 2.24) is 0 Å². The molecule has 0 aromatic heterocycles. The summed E-state index contributed by atoms with van der Waals surface area (Å²) in [6.07, 6.45) is -1.22. The van der Waals surface area contributed by atoms with Gasteiger partial charge in [0, 0.05) is 5.69 Å². The SMILES string of the molecule is Cc1cc(C)cc(N2C[C@]3(OCC2=O)OC[C@@H]2OC(C)(C)O[C@@H]2C3=O)c1. The summed E-state index contributed by atoms with van der Waals surface area (Å²) in [5.41, 5.74) is 2.81. The second-order valence-electron chi connectivity index (χ2n) is 7.64. The van der Waals surface area contributed by atoms with Crippen LogP contribution in [0.4, 0.5) is 5.69 Å². The summed E-state index contributed by atoms with van der Waals surface area (Å²) in [6.45, 7) is 7.41. The van der Waals surface area contributed by atoms with Crippen LogP contribution < -0.4 is 4.90 Å².